The van der Waals surface area contributed by atoms with Gasteiger partial charge in [-0.05, 0) is 56.4 Å². The van der Waals surface area contributed by atoms with Crippen LogP contribution < -0.4 is 4.74 Å². The van der Waals surface area contributed by atoms with Crippen molar-refractivity contribution in [2.24, 2.45) is 11.8 Å². The van der Waals surface area contributed by atoms with E-state index in [1.807, 2.05) is 0 Å². The number of rotatable bonds is 5. The minimum Gasteiger partial charge on any atom is -0.476 e. The molecule has 0 saturated heterocycles. The Morgan fingerprint density at radius 3 is 2.47 bits per heavy atom. The molecule has 0 radical (unpaired) electrons. The maximum Gasteiger partial charge on any atom is 0.349 e. The molecule has 0 spiro atoms. The maximum absolute atomic E-state index is 12.8. The summed E-state index contributed by atoms with van der Waals surface area (Å²) in [6.07, 6.45) is 1.12. The van der Waals surface area contributed by atoms with Crippen LogP contribution in [0.3, 0.4) is 0 Å². The zero-order chi connectivity index (χ0) is 14.0. The molecule has 1 fully saturated rings. The predicted molar refractivity (Wildman–Crippen MR) is 69.3 cm³/mol. The van der Waals surface area contributed by atoms with Gasteiger partial charge in [0, 0.05) is 0 Å². The largest absolute Gasteiger partial charge is 0.476 e. The minimum absolute atomic E-state index is 0.338. The van der Waals surface area contributed by atoms with E-state index in [1.165, 1.54) is 24.3 Å². The normalized spacial score (nSPS) is 21.9. The van der Waals surface area contributed by atoms with Gasteiger partial charge in [0.05, 0.1) is 6.61 Å². The van der Waals surface area contributed by atoms with Crippen LogP contribution in [0.5, 0.6) is 5.75 Å². The van der Waals surface area contributed by atoms with Crippen molar-refractivity contribution >= 4 is 5.97 Å². The molecule has 1 saturated carbocycles. The lowest BCUT2D eigenvalue weighted by Crippen LogP contribution is -2.40. The zero-order valence-corrected chi connectivity index (χ0v) is 11.5. The summed E-state index contributed by atoms with van der Waals surface area (Å²) in [6, 6.07) is 5.58. The van der Waals surface area contributed by atoms with E-state index < -0.39 is 11.6 Å². The molecule has 0 aliphatic heterocycles. The highest BCUT2D eigenvalue weighted by atomic mass is 19.1. The van der Waals surface area contributed by atoms with Crippen molar-refractivity contribution in [1.82, 2.24) is 0 Å². The van der Waals surface area contributed by atoms with Gasteiger partial charge in [0.1, 0.15) is 11.6 Å². The van der Waals surface area contributed by atoms with Gasteiger partial charge in [0.25, 0.3) is 0 Å². The van der Waals surface area contributed by atoms with E-state index in [2.05, 4.69) is 6.92 Å². The molecule has 0 heterocycles. The Morgan fingerprint density at radius 1 is 1.37 bits per heavy atom. The molecule has 0 aromatic heterocycles. The molecule has 2 unspecified atom stereocenters. The highest BCUT2D eigenvalue weighted by Gasteiger charge is 2.37. The van der Waals surface area contributed by atoms with Gasteiger partial charge in [-0.15, -0.1) is 0 Å². The van der Waals surface area contributed by atoms with Crippen molar-refractivity contribution < 1.29 is 18.7 Å². The van der Waals surface area contributed by atoms with Gasteiger partial charge in [-0.25, -0.2) is 9.18 Å². The molecule has 1 aromatic carbocycles. The number of carbonyl (C=O) groups excluding carboxylic acids is 1. The number of benzene rings is 1. The lowest BCUT2D eigenvalue weighted by Gasteiger charge is -2.24. The van der Waals surface area contributed by atoms with Gasteiger partial charge in [-0.1, -0.05) is 6.92 Å². The topological polar surface area (TPSA) is 35.5 Å². The second kappa shape index (κ2) is 5.19. The first-order valence-electron chi connectivity index (χ1n) is 6.50. The van der Waals surface area contributed by atoms with Crippen molar-refractivity contribution in [2.75, 3.05) is 6.61 Å². The third kappa shape index (κ3) is 3.69. The summed E-state index contributed by atoms with van der Waals surface area (Å²) in [5, 5.41) is 0. The van der Waals surface area contributed by atoms with Gasteiger partial charge in [-0.3, -0.25) is 0 Å². The molecule has 19 heavy (non-hydrogen) atoms. The molecule has 3 nitrogen and oxygen atoms in total. The van der Waals surface area contributed by atoms with E-state index in [1.54, 1.807) is 13.8 Å². The Hall–Kier alpha value is -1.58. The Labute approximate surface area is 112 Å². The van der Waals surface area contributed by atoms with Crippen molar-refractivity contribution in [3.63, 3.8) is 0 Å². The van der Waals surface area contributed by atoms with Crippen LogP contribution in [0.1, 0.15) is 27.2 Å². The molecule has 104 valence electrons. The monoisotopic (exact) mass is 266 g/mol. The third-order valence-corrected chi connectivity index (χ3v) is 3.38. The summed E-state index contributed by atoms with van der Waals surface area (Å²) in [5.74, 6) is 0.856. The summed E-state index contributed by atoms with van der Waals surface area (Å²) < 4.78 is 23.6. The first-order chi connectivity index (χ1) is 8.88. The van der Waals surface area contributed by atoms with E-state index in [9.17, 15) is 9.18 Å². The first-order valence-corrected chi connectivity index (χ1v) is 6.50. The lowest BCUT2D eigenvalue weighted by atomic mass is 10.1. The van der Waals surface area contributed by atoms with Gasteiger partial charge < -0.3 is 9.47 Å². The van der Waals surface area contributed by atoms with Gasteiger partial charge in [-0.2, -0.15) is 0 Å². The molecular weight excluding hydrogens is 247 g/mol. The highest BCUT2D eigenvalue weighted by molar-refractivity contribution is 5.79. The quantitative estimate of drug-likeness (QED) is 0.768. The summed E-state index contributed by atoms with van der Waals surface area (Å²) in [4.78, 5) is 12.0. The summed E-state index contributed by atoms with van der Waals surface area (Å²) >= 11 is 0. The van der Waals surface area contributed by atoms with Crippen LogP contribution in [0.15, 0.2) is 24.3 Å². The standard InChI is InChI=1S/C15H19FO3/c1-10-8-11(10)9-18-14(17)15(2,3)19-13-6-4-12(16)5-7-13/h4-7,10-11H,8-9H2,1-3H3. The van der Waals surface area contributed by atoms with E-state index in [0.717, 1.165) is 6.42 Å². The highest BCUT2D eigenvalue weighted by Crippen LogP contribution is 2.37. The van der Waals surface area contributed by atoms with Crippen molar-refractivity contribution in [1.29, 1.82) is 0 Å². The van der Waals surface area contributed by atoms with Gasteiger partial charge in [0.15, 0.2) is 5.60 Å². The lowest BCUT2D eigenvalue weighted by molar-refractivity contribution is -0.159. The number of carbonyl (C=O) groups is 1. The zero-order valence-electron chi connectivity index (χ0n) is 11.5. The van der Waals surface area contributed by atoms with Crippen molar-refractivity contribution in [3.05, 3.63) is 30.1 Å². The van der Waals surface area contributed by atoms with Crippen LogP contribution in [-0.4, -0.2) is 18.2 Å². The molecule has 1 aliphatic carbocycles. The Balaban J connectivity index is 1.89. The molecule has 1 aromatic rings. The van der Waals surface area contributed by atoms with Crippen LogP contribution >= 0.6 is 0 Å². The van der Waals surface area contributed by atoms with Crippen LogP contribution in [0.25, 0.3) is 0 Å². The van der Waals surface area contributed by atoms with Crippen LogP contribution in [-0.2, 0) is 9.53 Å². The average molecular weight is 266 g/mol. The molecule has 2 rings (SSSR count). The fraction of sp³-hybridized carbons (Fsp3) is 0.533. The van der Waals surface area contributed by atoms with E-state index in [0.29, 0.717) is 24.2 Å². The van der Waals surface area contributed by atoms with Crippen LogP contribution in [0.2, 0.25) is 0 Å². The van der Waals surface area contributed by atoms with Gasteiger partial charge in [0.2, 0.25) is 0 Å². The molecular formula is C15H19FO3. The Bertz CT molecular complexity index is 453. The number of hydrogen-bond donors (Lipinski definition) is 0. The molecule has 0 amide bonds. The minimum atomic E-state index is -1.07. The maximum atomic E-state index is 12.8. The summed E-state index contributed by atoms with van der Waals surface area (Å²) in [6.45, 7) is 5.89. The fourth-order valence-corrected chi connectivity index (χ4v) is 1.83. The Morgan fingerprint density at radius 2 is 1.95 bits per heavy atom. The van der Waals surface area contributed by atoms with Crippen molar-refractivity contribution in [2.45, 2.75) is 32.8 Å². The Kier molecular flexibility index (Phi) is 3.78. The fourth-order valence-electron chi connectivity index (χ4n) is 1.83. The number of hydrogen-bond acceptors (Lipinski definition) is 3. The van der Waals surface area contributed by atoms with Gasteiger partial charge >= 0.3 is 5.97 Å². The van der Waals surface area contributed by atoms with E-state index in [-0.39, 0.29) is 5.82 Å². The predicted octanol–water partition coefficient (Wildman–Crippen LogP) is 3.18. The molecule has 0 bridgehead atoms. The van der Waals surface area contributed by atoms with Crippen molar-refractivity contribution in [3.8, 4) is 5.75 Å². The van der Waals surface area contributed by atoms with E-state index >= 15 is 0 Å². The molecule has 2 atom stereocenters. The summed E-state index contributed by atoms with van der Waals surface area (Å²) in [5.41, 5.74) is -1.07. The van der Waals surface area contributed by atoms with Crippen LogP contribution in [0.4, 0.5) is 4.39 Å². The number of esters is 1. The number of halogens is 1. The molecule has 0 N–H and O–H groups in total. The smallest absolute Gasteiger partial charge is 0.349 e. The second-order valence-electron chi connectivity index (χ2n) is 5.64. The number of ether oxygens (including phenoxy) is 2. The SMILES string of the molecule is CC1CC1COC(=O)C(C)(C)Oc1ccc(F)cc1. The third-order valence-electron chi connectivity index (χ3n) is 3.38. The first kappa shape index (κ1) is 13.8. The van der Waals surface area contributed by atoms with E-state index in [4.69, 9.17) is 9.47 Å². The summed E-state index contributed by atoms with van der Waals surface area (Å²) in [7, 11) is 0. The second-order valence-corrected chi connectivity index (χ2v) is 5.64. The molecule has 1 aliphatic rings. The average Bonchev–Trinajstić information content (AvgIpc) is 3.05. The molecule has 4 heteroatoms. The van der Waals surface area contributed by atoms with Crippen LogP contribution in [0, 0.1) is 17.7 Å².